The first-order valence-corrected chi connectivity index (χ1v) is 3.51. The van der Waals surface area contributed by atoms with Crippen LogP contribution in [0.2, 0.25) is 6.55 Å². The molecule has 0 aromatic heterocycles. The van der Waals surface area contributed by atoms with E-state index in [9.17, 15) is 0 Å². The molecule has 0 amide bonds. The molecular weight excluding hydrogens is 88.1 g/mol. The Labute approximate surface area is 30.9 Å². The highest BCUT2D eigenvalue weighted by Gasteiger charge is 2.14. The molecule has 0 radical (unpaired) electrons. The van der Waals surface area contributed by atoms with Gasteiger partial charge in [-0.05, 0) is 0 Å². The minimum Gasteiger partial charge on any atom is -0.390 e. The molecule has 0 aliphatic rings. The van der Waals surface area contributed by atoms with Crippen LogP contribution < -0.4 is 0 Å². The van der Waals surface area contributed by atoms with E-state index in [1.165, 1.54) is 0 Å². The fourth-order valence-corrected chi connectivity index (χ4v) is 0. The Bertz CT molecular complexity index is 22.4. The van der Waals surface area contributed by atoms with Crippen molar-refractivity contribution in [3.63, 3.8) is 0 Å². The van der Waals surface area contributed by atoms with Crippen LogP contribution in [0.1, 0.15) is 0 Å². The monoisotopic (exact) mass is 94.0 g/mol. The summed E-state index contributed by atoms with van der Waals surface area (Å²) in [5.41, 5.74) is 0. The van der Waals surface area contributed by atoms with Crippen molar-refractivity contribution >= 4 is 8.80 Å². The molecule has 0 rings (SSSR count). The van der Waals surface area contributed by atoms with Crippen molar-refractivity contribution in [2.45, 2.75) is 6.55 Å². The second kappa shape index (κ2) is 1.06. The average Bonchev–Trinajstić information content (AvgIpc) is 0.722. The van der Waals surface area contributed by atoms with Gasteiger partial charge in [-0.1, -0.05) is 0 Å². The van der Waals surface area contributed by atoms with Crippen molar-refractivity contribution in [2.75, 3.05) is 0 Å². The number of hydrogen-bond acceptors (Lipinski definition) is 3. The molecule has 0 fully saturated rings. The molecule has 0 aromatic rings. The highest BCUT2D eigenvalue weighted by molar-refractivity contribution is 6.54. The third kappa shape index (κ3) is 1920. The first kappa shape index (κ1) is 5.10. The maximum Gasteiger partial charge on any atom is 0.489 e. The van der Waals surface area contributed by atoms with E-state index in [0.29, 0.717) is 0 Å². The van der Waals surface area contributed by atoms with Gasteiger partial charge in [-0.2, -0.15) is 0 Å². The standard InChI is InChI=1S/CH6O3Si/c1-5(2,3)4/h2-4H,1H3. The summed E-state index contributed by atoms with van der Waals surface area (Å²) in [5, 5.41) is 0. The predicted molar refractivity (Wildman–Crippen MR) is 18.3 cm³/mol. The Balaban J connectivity index is 3.02. The van der Waals surface area contributed by atoms with E-state index in [2.05, 4.69) is 0 Å². The summed E-state index contributed by atoms with van der Waals surface area (Å²) in [5.74, 6) is 0. The second-order valence-corrected chi connectivity index (χ2v) is 2.91. The maximum absolute atomic E-state index is 7.77. The summed E-state index contributed by atoms with van der Waals surface area (Å²) in [4.78, 5) is 23.3. The van der Waals surface area contributed by atoms with Crippen LogP contribution >= 0.6 is 0 Å². The molecule has 0 saturated carbocycles. The molecule has 4 heteroatoms. The molecule has 3 N–H and O–H groups in total. The highest BCUT2D eigenvalue weighted by Crippen LogP contribution is 1.75. The minimum absolute atomic E-state index is 0.993. The van der Waals surface area contributed by atoms with Crippen molar-refractivity contribution in [1.29, 1.82) is 0 Å². The van der Waals surface area contributed by atoms with Crippen molar-refractivity contribution in [2.24, 2.45) is 0 Å². The van der Waals surface area contributed by atoms with Crippen molar-refractivity contribution in [3.8, 4) is 0 Å². The van der Waals surface area contributed by atoms with Crippen LogP contribution in [0.5, 0.6) is 0 Å². The average molecular weight is 94.1 g/mol. The van der Waals surface area contributed by atoms with Gasteiger partial charge in [0.05, 0.1) is 0 Å². The van der Waals surface area contributed by atoms with Gasteiger partial charge >= 0.3 is 8.80 Å². The van der Waals surface area contributed by atoms with Crippen LogP contribution in [0.3, 0.4) is 0 Å². The van der Waals surface area contributed by atoms with Gasteiger partial charge in [0, 0.05) is 6.55 Å². The first-order chi connectivity index (χ1) is 2.00. The topological polar surface area (TPSA) is 60.7 Å². The van der Waals surface area contributed by atoms with E-state index in [1.807, 2.05) is 0 Å². The molecule has 5 heavy (non-hydrogen) atoms. The van der Waals surface area contributed by atoms with Crippen LogP contribution in [0.4, 0.5) is 0 Å². The minimum atomic E-state index is -3.61. The van der Waals surface area contributed by atoms with Gasteiger partial charge in [-0.25, -0.2) is 0 Å². The van der Waals surface area contributed by atoms with E-state index < -0.39 is 8.80 Å². The smallest absolute Gasteiger partial charge is 0.390 e. The Morgan fingerprint density at radius 3 is 1.20 bits per heavy atom. The molecule has 3 nitrogen and oxygen atoms in total. The van der Waals surface area contributed by atoms with Crippen LogP contribution in [0.15, 0.2) is 0 Å². The summed E-state index contributed by atoms with van der Waals surface area (Å²) in [6.07, 6.45) is 0. The quantitative estimate of drug-likeness (QED) is 0.321. The molecule has 0 atom stereocenters. The fourth-order valence-electron chi connectivity index (χ4n) is 0. The predicted octanol–water partition coefficient (Wildman–Crippen LogP) is -1.47. The number of hydrogen-bond donors (Lipinski definition) is 3. The summed E-state index contributed by atoms with van der Waals surface area (Å²) in [7, 11) is -3.61. The van der Waals surface area contributed by atoms with Crippen LogP contribution in [-0.4, -0.2) is 23.2 Å². The summed E-state index contributed by atoms with van der Waals surface area (Å²) in [6, 6.07) is 0. The van der Waals surface area contributed by atoms with Gasteiger partial charge in [-0.15, -0.1) is 0 Å². The second-order valence-electron chi connectivity index (χ2n) is 0.971. The third-order valence-electron chi connectivity index (χ3n) is 0. The summed E-state index contributed by atoms with van der Waals surface area (Å²) < 4.78 is 0. The Kier molecular flexibility index (Phi) is 1.08. The van der Waals surface area contributed by atoms with Gasteiger partial charge in [0.2, 0.25) is 0 Å². The Morgan fingerprint density at radius 2 is 1.20 bits per heavy atom. The van der Waals surface area contributed by atoms with E-state index in [4.69, 9.17) is 14.4 Å². The molecule has 0 spiro atoms. The van der Waals surface area contributed by atoms with Crippen molar-refractivity contribution in [1.82, 2.24) is 0 Å². The zero-order valence-corrected chi connectivity index (χ0v) is 3.84. The van der Waals surface area contributed by atoms with Crippen molar-refractivity contribution in [3.05, 3.63) is 0 Å². The molecular formula is CH6O3Si. The summed E-state index contributed by atoms with van der Waals surface area (Å²) >= 11 is 0. The Hall–Kier alpha value is 0.0969. The lowest BCUT2D eigenvalue weighted by Gasteiger charge is -1.95. The Morgan fingerprint density at radius 1 is 1.20 bits per heavy atom. The molecule has 32 valence electrons. The highest BCUT2D eigenvalue weighted by atomic mass is 28.4. The normalized spacial score (nSPS) is 12.0. The summed E-state index contributed by atoms with van der Waals surface area (Å²) in [6.45, 7) is 0.993. The van der Waals surface area contributed by atoms with Gasteiger partial charge in [0.25, 0.3) is 0 Å². The molecule has 0 aliphatic heterocycles. The van der Waals surface area contributed by atoms with Gasteiger partial charge in [0.1, 0.15) is 0 Å². The SMILES string of the molecule is C[Si](O)(O)O. The fraction of sp³-hybridized carbons (Fsp3) is 1.00. The van der Waals surface area contributed by atoms with E-state index in [0.717, 1.165) is 6.55 Å². The third-order valence-corrected chi connectivity index (χ3v) is 0. The zero-order chi connectivity index (χ0) is 4.50. The molecule has 0 heterocycles. The van der Waals surface area contributed by atoms with Gasteiger partial charge < -0.3 is 14.4 Å². The lowest BCUT2D eigenvalue weighted by atomic mass is 11.9. The van der Waals surface area contributed by atoms with Crippen LogP contribution in [0, 0.1) is 0 Å². The molecule has 0 bridgehead atoms. The zero-order valence-electron chi connectivity index (χ0n) is 2.84. The first-order valence-electron chi connectivity index (χ1n) is 1.17. The van der Waals surface area contributed by atoms with Crippen molar-refractivity contribution < 1.29 is 14.4 Å². The van der Waals surface area contributed by atoms with E-state index >= 15 is 0 Å². The van der Waals surface area contributed by atoms with E-state index in [1.54, 1.807) is 0 Å². The lowest BCUT2D eigenvalue weighted by molar-refractivity contribution is 0.239. The molecule has 0 aromatic carbocycles. The van der Waals surface area contributed by atoms with Gasteiger partial charge in [-0.3, -0.25) is 0 Å². The number of rotatable bonds is 0. The maximum atomic E-state index is 7.77. The van der Waals surface area contributed by atoms with E-state index in [-0.39, 0.29) is 0 Å². The molecule has 0 saturated heterocycles. The molecule has 0 unspecified atom stereocenters. The molecule has 0 aliphatic carbocycles. The van der Waals surface area contributed by atoms with Crippen LogP contribution in [0.25, 0.3) is 0 Å². The largest absolute Gasteiger partial charge is 0.489 e. The van der Waals surface area contributed by atoms with Gasteiger partial charge in [0.15, 0.2) is 0 Å². The van der Waals surface area contributed by atoms with Crippen LogP contribution in [-0.2, 0) is 0 Å². The lowest BCUT2D eigenvalue weighted by Crippen LogP contribution is -2.28.